The minimum Gasteiger partial charge on any atom is -0.453 e. The SMILES string of the molecule is Cc1nc2c(Oc3cccc(N4C=CN(C)C4)c3)cc(C(C)(C)c3cc(C(C)(C)C)ccn3)cn2c1C. The summed E-state index contributed by atoms with van der Waals surface area (Å²) in [5.74, 6) is 1.52. The van der Waals surface area contributed by atoms with Gasteiger partial charge in [0.05, 0.1) is 18.1 Å². The number of hydrogen-bond acceptors (Lipinski definition) is 5. The highest BCUT2D eigenvalue weighted by Crippen LogP contribution is 2.38. The van der Waals surface area contributed by atoms with Crippen molar-refractivity contribution in [1.29, 1.82) is 0 Å². The third-order valence-electron chi connectivity index (χ3n) is 7.40. The topological polar surface area (TPSA) is 45.9 Å². The molecule has 6 nitrogen and oxygen atoms in total. The Kier molecular flexibility index (Phi) is 6.01. The standard InChI is InChI=1S/C31H37N5O/c1-21-22(2)36-19-24(31(6,7)28-17-23(12-13-32-28)30(3,4)5)16-27(29(36)33-21)37-26-11-9-10-25(18-26)35-15-14-34(8)20-35/h9-19H,20H2,1-8H3. The second-order valence-electron chi connectivity index (χ2n) is 11.6. The number of aryl methyl sites for hydroxylation is 2. The third kappa shape index (κ3) is 4.68. The molecule has 5 rings (SSSR count). The molecule has 0 saturated heterocycles. The van der Waals surface area contributed by atoms with Crippen molar-refractivity contribution in [2.24, 2.45) is 0 Å². The van der Waals surface area contributed by atoms with E-state index in [0.29, 0.717) is 0 Å². The van der Waals surface area contributed by atoms with Gasteiger partial charge < -0.3 is 18.9 Å². The summed E-state index contributed by atoms with van der Waals surface area (Å²) in [5.41, 5.74) is 7.14. The van der Waals surface area contributed by atoms with Gasteiger partial charge in [0.2, 0.25) is 0 Å². The molecule has 0 fully saturated rings. The van der Waals surface area contributed by atoms with Crippen LogP contribution in [0.3, 0.4) is 0 Å². The summed E-state index contributed by atoms with van der Waals surface area (Å²) in [6.07, 6.45) is 8.27. The molecular formula is C31H37N5O. The van der Waals surface area contributed by atoms with Crippen LogP contribution < -0.4 is 9.64 Å². The molecule has 4 heterocycles. The van der Waals surface area contributed by atoms with Gasteiger partial charge in [-0.05, 0) is 60.7 Å². The Hall–Kier alpha value is -3.80. The van der Waals surface area contributed by atoms with Gasteiger partial charge >= 0.3 is 0 Å². The molecule has 192 valence electrons. The number of pyridine rings is 2. The van der Waals surface area contributed by atoms with Gasteiger partial charge in [0.25, 0.3) is 0 Å². The molecule has 0 saturated carbocycles. The molecule has 37 heavy (non-hydrogen) atoms. The Bertz CT molecular complexity index is 1490. The number of nitrogens with zero attached hydrogens (tertiary/aromatic N) is 5. The van der Waals surface area contributed by atoms with Crippen LogP contribution in [0.25, 0.3) is 5.65 Å². The van der Waals surface area contributed by atoms with Crippen LogP contribution in [-0.4, -0.2) is 33.0 Å². The molecular weight excluding hydrogens is 458 g/mol. The largest absolute Gasteiger partial charge is 0.453 e. The molecule has 1 aliphatic heterocycles. The molecule has 0 radical (unpaired) electrons. The Morgan fingerprint density at radius 2 is 1.70 bits per heavy atom. The second kappa shape index (κ2) is 8.94. The van der Waals surface area contributed by atoms with Gasteiger partial charge in [0.15, 0.2) is 11.4 Å². The third-order valence-corrected chi connectivity index (χ3v) is 7.40. The zero-order chi connectivity index (χ0) is 26.5. The highest BCUT2D eigenvalue weighted by molar-refractivity contribution is 5.61. The van der Waals surface area contributed by atoms with Crippen LogP contribution in [0.5, 0.6) is 11.5 Å². The van der Waals surface area contributed by atoms with E-state index in [2.05, 4.69) is 112 Å². The maximum Gasteiger partial charge on any atom is 0.180 e. The van der Waals surface area contributed by atoms with Crippen LogP contribution >= 0.6 is 0 Å². The molecule has 0 amide bonds. The first-order valence-electron chi connectivity index (χ1n) is 12.8. The number of ether oxygens (including phenoxy) is 1. The van der Waals surface area contributed by atoms with Crippen LogP contribution in [0.2, 0.25) is 0 Å². The first kappa shape index (κ1) is 24.9. The molecule has 0 N–H and O–H groups in total. The van der Waals surface area contributed by atoms with E-state index in [9.17, 15) is 0 Å². The highest BCUT2D eigenvalue weighted by atomic mass is 16.5. The lowest BCUT2D eigenvalue weighted by Gasteiger charge is -2.28. The van der Waals surface area contributed by atoms with Gasteiger partial charge in [0.1, 0.15) is 5.75 Å². The van der Waals surface area contributed by atoms with E-state index >= 15 is 0 Å². The van der Waals surface area contributed by atoms with E-state index in [1.54, 1.807) is 0 Å². The minimum atomic E-state index is -0.342. The summed E-state index contributed by atoms with van der Waals surface area (Å²) in [7, 11) is 2.07. The quantitative estimate of drug-likeness (QED) is 0.300. The average Bonchev–Trinajstić information content (AvgIpc) is 3.42. The summed E-state index contributed by atoms with van der Waals surface area (Å²) in [5, 5.41) is 0. The van der Waals surface area contributed by atoms with Crippen LogP contribution in [0, 0.1) is 13.8 Å². The van der Waals surface area contributed by atoms with E-state index < -0.39 is 0 Å². The Labute approximate surface area is 220 Å². The average molecular weight is 496 g/mol. The smallest absolute Gasteiger partial charge is 0.180 e. The molecule has 0 spiro atoms. The predicted octanol–water partition coefficient (Wildman–Crippen LogP) is 6.94. The van der Waals surface area contributed by atoms with Crippen LogP contribution in [0.1, 0.15) is 62.8 Å². The van der Waals surface area contributed by atoms with Gasteiger partial charge in [-0.15, -0.1) is 0 Å². The van der Waals surface area contributed by atoms with Gasteiger partial charge in [-0.2, -0.15) is 0 Å². The van der Waals surface area contributed by atoms with Crippen LogP contribution in [-0.2, 0) is 10.8 Å². The Morgan fingerprint density at radius 3 is 2.41 bits per heavy atom. The second-order valence-corrected chi connectivity index (χ2v) is 11.6. The van der Waals surface area contributed by atoms with Gasteiger partial charge in [-0.3, -0.25) is 4.98 Å². The van der Waals surface area contributed by atoms with Gasteiger partial charge in [-0.1, -0.05) is 40.7 Å². The number of hydrogen-bond donors (Lipinski definition) is 0. The number of imidazole rings is 1. The fourth-order valence-corrected chi connectivity index (χ4v) is 4.69. The molecule has 1 aliphatic rings. The highest BCUT2D eigenvalue weighted by Gasteiger charge is 2.29. The van der Waals surface area contributed by atoms with Crippen molar-refractivity contribution in [1.82, 2.24) is 19.3 Å². The number of anilines is 1. The zero-order valence-electron chi connectivity index (χ0n) is 23.2. The molecule has 6 heteroatoms. The number of benzene rings is 1. The van der Waals surface area contributed by atoms with Crippen molar-refractivity contribution in [3.8, 4) is 11.5 Å². The molecule has 0 unspecified atom stereocenters. The molecule has 4 aromatic rings. The normalized spacial score (nSPS) is 14.2. The van der Waals surface area contributed by atoms with Crippen molar-refractivity contribution in [2.75, 3.05) is 18.6 Å². The molecule has 1 aromatic carbocycles. The predicted molar refractivity (Wildman–Crippen MR) is 150 cm³/mol. The number of rotatable bonds is 5. The molecule has 0 bridgehead atoms. The Balaban J connectivity index is 1.58. The first-order valence-corrected chi connectivity index (χ1v) is 12.8. The summed E-state index contributed by atoms with van der Waals surface area (Å²) < 4.78 is 8.72. The van der Waals surface area contributed by atoms with Crippen LogP contribution in [0.4, 0.5) is 5.69 Å². The van der Waals surface area contributed by atoms with Crippen molar-refractivity contribution < 1.29 is 4.74 Å². The lowest BCUT2D eigenvalue weighted by Crippen LogP contribution is -2.23. The van der Waals surface area contributed by atoms with Crippen molar-refractivity contribution in [2.45, 2.75) is 59.3 Å². The van der Waals surface area contributed by atoms with Crippen molar-refractivity contribution in [3.05, 3.63) is 95.5 Å². The lowest BCUT2D eigenvalue weighted by atomic mass is 9.79. The fraction of sp³-hybridized carbons (Fsp3) is 0.355. The summed E-state index contributed by atoms with van der Waals surface area (Å²) in [4.78, 5) is 14.0. The zero-order valence-corrected chi connectivity index (χ0v) is 23.2. The number of aromatic nitrogens is 3. The lowest BCUT2D eigenvalue weighted by molar-refractivity contribution is 0.479. The molecule has 0 aliphatic carbocycles. The summed E-state index contributed by atoms with van der Waals surface area (Å²) >= 11 is 0. The van der Waals surface area contributed by atoms with E-state index in [1.807, 2.05) is 25.3 Å². The van der Waals surface area contributed by atoms with Gasteiger partial charge in [-0.25, -0.2) is 4.98 Å². The van der Waals surface area contributed by atoms with Crippen LogP contribution in [0.15, 0.2) is 67.3 Å². The van der Waals surface area contributed by atoms with E-state index in [4.69, 9.17) is 14.7 Å². The van der Waals surface area contributed by atoms with E-state index in [0.717, 1.165) is 52.1 Å². The van der Waals surface area contributed by atoms with Crippen molar-refractivity contribution >= 4 is 11.3 Å². The fourth-order valence-electron chi connectivity index (χ4n) is 4.69. The number of fused-ring (bicyclic) bond motifs is 1. The summed E-state index contributed by atoms with van der Waals surface area (Å²) in [6.45, 7) is 16.1. The summed E-state index contributed by atoms with van der Waals surface area (Å²) in [6, 6.07) is 14.7. The first-order chi connectivity index (χ1) is 17.4. The molecule has 0 atom stereocenters. The van der Waals surface area contributed by atoms with E-state index in [1.165, 1.54) is 5.56 Å². The maximum absolute atomic E-state index is 6.57. The monoisotopic (exact) mass is 495 g/mol. The van der Waals surface area contributed by atoms with E-state index in [-0.39, 0.29) is 10.8 Å². The maximum atomic E-state index is 6.57. The molecule has 3 aromatic heterocycles. The Morgan fingerprint density at radius 1 is 0.919 bits per heavy atom. The van der Waals surface area contributed by atoms with Crippen molar-refractivity contribution in [3.63, 3.8) is 0 Å². The van der Waals surface area contributed by atoms with Gasteiger partial charge in [0, 0.05) is 54.7 Å². The minimum absolute atomic E-state index is 0.0500.